The van der Waals surface area contributed by atoms with Gasteiger partial charge in [0.05, 0.1) is 0 Å². The van der Waals surface area contributed by atoms with Gasteiger partial charge in [-0.1, -0.05) is 60.7 Å². The zero-order valence-electron chi connectivity index (χ0n) is 17.4. The topological polar surface area (TPSA) is 70.1 Å². The standard InChI is InChI=1S/C24H25N7/c1-3-7-19(8-4-1)17-27-23-21-22(26-12-11-25-21)28-24(29-23)31-15-13-30(14-16-31)18-20-9-5-2-6-10-20/h1-12H,13-18H2,(H,26,27,28,29). The molecule has 0 bridgehead atoms. The zero-order valence-corrected chi connectivity index (χ0v) is 17.4. The Bertz CT molecular complexity index is 1130. The van der Waals surface area contributed by atoms with Crippen LogP contribution in [-0.4, -0.2) is 51.0 Å². The molecule has 0 atom stereocenters. The molecule has 0 aliphatic carbocycles. The Hall–Kier alpha value is -3.58. The van der Waals surface area contributed by atoms with Gasteiger partial charge in [-0.05, 0) is 11.1 Å². The van der Waals surface area contributed by atoms with Gasteiger partial charge in [0.2, 0.25) is 5.95 Å². The van der Waals surface area contributed by atoms with Crippen LogP contribution in [0.1, 0.15) is 11.1 Å². The Morgan fingerprint density at radius 1 is 0.742 bits per heavy atom. The molecule has 7 heteroatoms. The van der Waals surface area contributed by atoms with Crippen molar-refractivity contribution in [3.05, 3.63) is 84.2 Å². The Morgan fingerprint density at radius 2 is 1.42 bits per heavy atom. The smallest absolute Gasteiger partial charge is 0.229 e. The average Bonchev–Trinajstić information content (AvgIpc) is 2.84. The lowest BCUT2D eigenvalue weighted by Crippen LogP contribution is -2.46. The molecule has 0 spiro atoms. The van der Waals surface area contributed by atoms with E-state index in [0.717, 1.165) is 38.5 Å². The second-order valence-corrected chi connectivity index (χ2v) is 7.69. The van der Waals surface area contributed by atoms with Crippen LogP contribution in [0.15, 0.2) is 73.1 Å². The second kappa shape index (κ2) is 9.06. The summed E-state index contributed by atoms with van der Waals surface area (Å²) in [4.78, 5) is 23.1. The van der Waals surface area contributed by atoms with Crippen LogP contribution in [-0.2, 0) is 13.1 Å². The number of benzene rings is 2. The highest BCUT2D eigenvalue weighted by atomic mass is 15.3. The number of piperazine rings is 1. The van der Waals surface area contributed by atoms with E-state index in [1.807, 2.05) is 18.2 Å². The van der Waals surface area contributed by atoms with Crippen molar-refractivity contribution in [2.45, 2.75) is 13.1 Å². The molecule has 2 aromatic heterocycles. The van der Waals surface area contributed by atoms with Crippen molar-refractivity contribution < 1.29 is 0 Å². The van der Waals surface area contributed by atoms with Crippen LogP contribution in [0.3, 0.4) is 0 Å². The first kappa shape index (κ1) is 19.4. The SMILES string of the molecule is c1ccc(CNc2nc(N3CCN(Cc4ccccc4)CC3)nc3nccnc23)cc1. The summed E-state index contributed by atoms with van der Waals surface area (Å²) in [5, 5.41) is 3.43. The van der Waals surface area contributed by atoms with Gasteiger partial charge in [-0.2, -0.15) is 9.97 Å². The highest BCUT2D eigenvalue weighted by Crippen LogP contribution is 2.22. The number of hydrogen-bond donors (Lipinski definition) is 1. The van der Waals surface area contributed by atoms with Crippen LogP contribution in [0, 0.1) is 0 Å². The molecule has 1 fully saturated rings. The maximum absolute atomic E-state index is 4.83. The van der Waals surface area contributed by atoms with E-state index in [1.54, 1.807) is 12.4 Å². The molecule has 1 saturated heterocycles. The van der Waals surface area contributed by atoms with Gasteiger partial charge in [0.15, 0.2) is 17.0 Å². The first-order valence-electron chi connectivity index (χ1n) is 10.6. The molecule has 4 aromatic rings. The summed E-state index contributed by atoms with van der Waals surface area (Å²) in [6.45, 7) is 5.37. The summed E-state index contributed by atoms with van der Waals surface area (Å²) in [5.74, 6) is 1.44. The number of nitrogens with zero attached hydrogens (tertiary/aromatic N) is 6. The summed E-state index contributed by atoms with van der Waals surface area (Å²) in [5.41, 5.74) is 3.86. The normalized spacial score (nSPS) is 14.6. The molecule has 1 aliphatic rings. The van der Waals surface area contributed by atoms with Crippen molar-refractivity contribution in [2.75, 3.05) is 36.4 Å². The van der Waals surface area contributed by atoms with Crippen molar-refractivity contribution >= 4 is 22.9 Å². The Labute approximate surface area is 181 Å². The molecule has 5 rings (SSSR count). The van der Waals surface area contributed by atoms with E-state index in [4.69, 9.17) is 9.97 Å². The van der Waals surface area contributed by atoms with Crippen molar-refractivity contribution in [1.29, 1.82) is 0 Å². The first-order valence-corrected chi connectivity index (χ1v) is 10.6. The van der Waals surface area contributed by atoms with Gasteiger partial charge >= 0.3 is 0 Å². The minimum absolute atomic E-state index is 0.620. The van der Waals surface area contributed by atoms with E-state index < -0.39 is 0 Å². The maximum Gasteiger partial charge on any atom is 0.229 e. The molecule has 0 unspecified atom stereocenters. The van der Waals surface area contributed by atoms with Crippen molar-refractivity contribution in [1.82, 2.24) is 24.8 Å². The molecule has 156 valence electrons. The molecule has 31 heavy (non-hydrogen) atoms. The van der Waals surface area contributed by atoms with E-state index in [1.165, 1.54) is 11.1 Å². The summed E-state index contributed by atoms with van der Waals surface area (Å²) >= 11 is 0. The van der Waals surface area contributed by atoms with Gasteiger partial charge in [0.1, 0.15) is 0 Å². The minimum Gasteiger partial charge on any atom is -0.364 e. The molecule has 3 heterocycles. The first-order chi connectivity index (χ1) is 15.3. The van der Waals surface area contributed by atoms with Crippen molar-refractivity contribution in [2.24, 2.45) is 0 Å². The van der Waals surface area contributed by atoms with Gasteiger partial charge in [-0.3, -0.25) is 4.90 Å². The quantitative estimate of drug-likeness (QED) is 0.522. The van der Waals surface area contributed by atoms with Gasteiger partial charge in [0.25, 0.3) is 0 Å². The second-order valence-electron chi connectivity index (χ2n) is 7.69. The monoisotopic (exact) mass is 411 g/mol. The maximum atomic E-state index is 4.83. The fraction of sp³-hybridized carbons (Fsp3) is 0.250. The summed E-state index contributed by atoms with van der Waals surface area (Å²) < 4.78 is 0. The number of rotatable bonds is 6. The van der Waals surface area contributed by atoms with Crippen LogP contribution in [0.4, 0.5) is 11.8 Å². The van der Waals surface area contributed by atoms with E-state index in [9.17, 15) is 0 Å². The van der Waals surface area contributed by atoms with Crippen LogP contribution in [0.5, 0.6) is 0 Å². The third-order valence-electron chi connectivity index (χ3n) is 5.53. The van der Waals surface area contributed by atoms with E-state index in [2.05, 4.69) is 67.5 Å². The minimum atomic E-state index is 0.620. The van der Waals surface area contributed by atoms with Crippen molar-refractivity contribution in [3.8, 4) is 0 Å². The fourth-order valence-electron chi connectivity index (χ4n) is 3.85. The van der Waals surface area contributed by atoms with Crippen molar-refractivity contribution in [3.63, 3.8) is 0 Å². The van der Waals surface area contributed by atoms with E-state index in [0.29, 0.717) is 23.7 Å². The van der Waals surface area contributed by atoms with Crippen LogP contribution in [0.25, 0.3) is 11.2 Å². The fourth-order valence-corrected chi connectivity index (χ4v) is 3.85. The lowest BCUT2D eigenvalue weighted by Gasteiger charge is -2.34. The zero-order chi connectivity index (χ0) is 20.9. The summed E-state index contributed by atoms with van der Waals surface area (Å²) in [6.07, 6.45) is 3.36. The lowest BCUT2D eigenvalue weighted by molar-refractivity contribution is 0.249. The summed E-state index contributed by atoms with van der Waals surface area (Å²) in [7, 11) is 0. The molecular weight excluding hydrogens is 386 g/mol. The number of fused-ring (bicyclic) bond motifs is 1. The molecule has 0 saturated carbocycles. The van der Waals surface area contributed by atoms with Crippen LogP contribution < -0.4 is 10.2 Å². The highest BCUT2D eigenvalue weighted by molar-refractivity contribution is 5.83. The molecule has 0 radical (unpaired) electrons. The number of anilines is 2. The van der Waals surface area contributed by atoms with Gasteiger partial charge < -0.3 is 10.2 Å². The number of nitrogens with one attached hydrogen (secondary N) is 1. The predicted octanol–water partition coefficient (Wildman–Crippen LogP) is 3.35. The molecule has 1 N–H and O–H groups in total. The lowest BCUT2D eigenvalue weighted by atomic mass is 10.2. The molecule has 7 nitrogen and oxygen atoms in total. The van der Waals surface area contributed by atoms with Gasteiger partial charge in [0, 0.05) is 51.7 Å². The Balaban J connectivity index is 1.32. The van der Waals surface area contributed by atoms with E-state index in [-0.39, 0.29) is 0 Å². The Kier molecular flexibility index (Phi) is 5.66. The van der Waals surface area contributed by atoms with E-state index >= 15 is 0 Å². The number of aromatic nitrogens is 4. The van der Waals surface area contributed by atoms with Gasteiger partial charge in [-0.25, -0.2) is 9.97 Å². The van der Waals surface area contributed by atoms with Crippen LogP contribution >= 0.6 is 0 Å². The van der Waals surface area contributed by atoms with Gasteiger partial charge in [-0.15, -0.1) is 0 Å². The predicted molar refractivity (Wildman–Crippen MR) is 123 cm³/mol. The molecule has 1 aliphatic heterocycles. The molecule has 2 aromatic carbocycles. The average molecular weight is 412 g/mol. The Morgan fingerprint density at radius 3 is 2.16 bits per heavy atom. The largest absolute Gasteiger partial charge is 0.364 e. The highest BCUT2D eigenvalue weighted by Gasteiger charge is 2.21. The summed E-state index contributed by atoms with van der Waals surface area (Å²) in [6, 6.07) is 20.9. The van der Waals surface area contributed by atoms with Crippen LogP contribution in [0.2, 0.25) is 0 Å². The molecular formula is C24H25N7. The number of hydrogen-bond acceptors (Lipinski definition) is 7. The molecule has 0 amide bonds. The third-order valence-corrected chi connectivity index (χ3v) is 5.53. The third kappa shape index (κ3) is 4.62.